The average Bonchev–Trinajstić information content (AvgIpc) is 2.77. The van der Waals surface area contributed by atoms with Gasteiger partial charge in [-0.1, -0.05) is 22.9 Å². The van der Waals surface area contributed by atoms with Crippen molar-refractivity contribution in [1.29, 1.82) is 0 Å². The second kappa shape index (κ2) is 4.00. The molecule has 2 heterocycles. The maximum absolute atomic E-state index is 12.2. The van der Waals surface area contributed by atoms with E-state index in [1.165, 1.54) is 5.56 Å². The Hall–Kier alpha value is -1.03. The molecule has 1 aromatic carbocycles. The van der Waals surface area contributed by atoms with Gasteiger partial charge in [-0.2, -0.15) is 0 Å². The Labute approximate surface area is 128 Å². The van der Waals surface area contributed by atoms with Crippen LogP contribution in [0.2, 0.25) is 0 Å². The fourth-order valence-corrected chi connectivity index (χ4v) is 3.79. The molecule has 1 aromatic rings. The first-order valence-corrected chi connectivity index (χ1v) is 8.09. The number of hydrogen-bond acceptors (Lipinski definition) is 2. The van der Waals surface area contributed by atoms with E-state index < -0.39 is 5.41 Å². The van der Waals surface area contributed by atoms with Gasteiger partial charge in [0.1, 0.15) is 11.4 Å². The molecule has 3 nitrogen and oxygen atoms in total. The lowest BCUT2D eigenvalue weighted by atomic mass is 9.81. The number of carbonyl (C=O) groups excluding carboxylic acids is 1. The van der Waals surface area contributed by atoms with Gasteiger partial charge in [-0.05, 0) is 39.3 Å². The van der Waals surface area contributed by atoms with Crippen molar-refractivity contribution in [3.63, 3.8) is 0 Å². The number of carbonyl (C=O) groups is 1. The van der Waals surface area contributed by atoms with E-state index in [1.807, 2.05) is 13.8 Å². The number of rotatable bonds is 1. The first kappa shape index (κ1) is 13.9. The van der Waals surface area contributed by atoms with Gasteiger partial charge in [0, 0.05) is 22.4 Å². The van der Waals surface area contributed by atoms with Crippen LogP contribution in [0.25, 0.3) is 0 Å². The van der Waals surface area contributed by atoms with Crippen molar-refractivity contribution in [3.8, 4) is 5.75 Å². The van der Waals surface area contributed by atoms with Crippen molar-refractivity contribution in [2.45, 2.75) is 51.6 Å². The molecule has 0 radical (unpaired) electrons. The van der Waals surface area contributed by atoms with Gasteiger partial charge in [-0.3, -0.25) is 4.79 Å². The minimum atomic E-state index is -0.539. The van der Waals surface area contributed by atoms with Crippen molar-refractivity contribution < 1.29 is 9.53 Å². The highest BCUT2D eigenvalue weighted by Crippen LogP contribution is 2.54. The number of alkyl halides is 1. The third-order valence-corrected chi connectivity index (χ3v) is 6.03. The second-order valence-electron chi connectivity index (χ2n) is 6.71. The molecular weight excluding hydrogens is 318 g/mol. The Bertz CT molecular complexity index is 623. The van der Waals surface area contributed by atoms with Crippen molar-refractivity contribution in [1.82, 2.24) is 0 Å². The highest BCUT2D eigenvalue weighted by Gasteiger charge is 2.49. The number of benzene rings is 1. The van der Waals surface area contributed by atoms with Gasteiger partial charge in [0.25, 0.3) is 0 Å². The summed E-state index contributed by atoms with van der Waals surface area (Å²) in [6, 6.07) is 2.16. The van der Waals surface area contributed by atoms with Gasteiger partial charge in [-0.25, -0.2) is 0 Å². The zero-order valence-electron chi connectivity index (χ0n) is 12.6. The first-order chi connectivity index (χ1) is 9.22. The predicted molar refractivity (Wildman–Crippen MR) is 84.1 cm³/mol. The topological polar surface area (TPSA) is 38.3 Å². The van der Waals surface area contributed by atoms with E-state index in [2.05, 4.69) is 48.1 Å². The van der Waals surface area contributed by atoms with Gasteiger partial charge in [0.15, 0.2) is 0 Å². The molecule has 0 aliphatic carbocycles. The number of aryl methyl sites for hydroxylation is 1. The molecule has 2 unspecified atom stereocenters. The van der Waals surface area contributed by atoms with E-state index in [0.717, 1.165) is 27.9 Å². The van der Waals surface area contributed by atoms with Crippen LogP contribution in [0.4, 0.5) is 5.69 Å². The smallest absolute Gasteiger partial charge is 0.234 e. The minimum Gasteiger partial charge on any atom is -0.485 e. The van der Waals surface area contributed by atoms with Crippen molar-refractivity contribution in [2.24, 2.45) is 0 Å². The van der Waals surface area contributed by atoms with E-state index in [4.69, 9.17) is 4.74 Å². The van der Waals surface area contributed by atoms with Crippen LogP contribution in [0.5, 0.6) is 5.75 Å². The summed E-state index contributed by atoms with van der Waals surface area (Å²) in [6.07, 6.45) is 0. The SMILES string of the molecule is Cc1cc2c(c3c1NC(=O)C3(C)C)OC(C)(CBr)C2C. The molecule has 0 spiro atoms. The molecule has 0 bridgehead atoms. The highest BCUT2D eigenvalue weighted by atomic mass is 79.9. The quantitative estimate of drug-likeness (QED) is 0.790. The summed E-state index contributed by atoms with van der Waals surface area (Å²) in [5, 5.41) is 3.78. The van der Waals surface area contributed by atoms with E-state index in [-0.39, 0.29) is 11.5 Å². The number of ether oxygens (including phenoxy) is 1. The molecule has 1 amide bonds. The van der Waals surface area contributed by atoms with Crippen LogP contribution < -0.4 is 10.1 Å². The third-order valence-electron chi connectivity index (χ3n) is 4.92. The molecule has 4 heteroatoms. The first-order valence-electron chi connectivity index (χ1n) is 6.97. The molecule has 20 heavy (non-hydrogen) atoms. The number of fused-ring (bicyclic) bond motifs is 3. The predicted octanol–water partition coefficient (Wildman–Crippen LogP) is 3.87. The lowest BCUT2D eigenvalue weighted by Gasteiger charge is -2.26. The average molecular weight is 338 g/mol. The zero-order chi connectivity index (χ0) is 14.9. The standard InChI is InChI=1S/C16H20BrNO2/c1-8-6-10-9(2)16(5,7-17)20-13(10)11-12(8)18-14(19)15(11,3)4/h6,9H,7H2,1-5H3,(H,18,19). The maximum Gasteiger partial charge on any atom is 0.234 e. The molecular formula is C16H20BrNO2. The van der Waals surface area contributed by atoms with Crippen LogP contribution in [0.1, 0.15) is 50.3 Å². The molecule has 108 valence electrons. The van der Waals surface area contributed by atoms with Crippen molar-refractivity contribution in [3.05, 3.63) is 22.8 Å². The van der Waals surface area contributed by atoms with Crippen molar-refractivity contribution in [2.75, 3.05) is 10.6 Å². The van der Waals surface area contributed by atoms with Crippen LogP contribution in [0, 0.1) is 6.92 Å². The third kappa shape index (κ3) is 1.54. The molecule has 0 saturated heterocycles. The molecule has 1 N–H and O–H groups in total. The molecule has 2 aliphatic rings. The molecule has 3 rings (SSSR count). The normalized spacial score (nSPS) is 29.7. The molecule has 2 aliphatic heterocycles. The van der Waals surface area contributed by atoms with Gasteiger partial charge in [-0.15, -0.1) is 0 Å². The van der Waals surface area contributed by atoms with Gasteiger partial charge in [0.05, 0.1) is 11.1 Å². The largest absolute Gasteiger partial charge is 0.485 e. The van der Waals surface area contributed by atoms with Crippen LogP contribution in [-0.4, -0.2) is 16.8 Å². The number of amides is 1. The summed E-state index contributed by atoms with van der Waals surface area (Å²) in [6.45, 7) is 10.3. The second-order valence-corrected chi connectivity index (χ2v) is 7.27. The molecule has 0 aromatic heterocycles. The van der Waals surface area contributed by atoms with E-state index in [9.17, 15) is 4.79 Å². The van der Waals surface area contributed by atoms with Gasteiger partial charge in [0.2, 0.25) is 5.91 Å². The fourth-order valence-electron chi connectivity index (χ4n) is 3.19. The van der Waals surface area contributed by atoms with Crippen LogP contribution >= 0.6 is 15.9 Å². The molecule has 0 fully saturated rings. The van der Waals surface area contributed by atoms with Crippen LogP contribution in [-0.2, 0) is 10.2 Å². The summed E-state index contributed by atoms with van der Waals surface area (Å²) in [7, 11) is 0. The van der Waals surface area contributed by atoms with Gasteiger partial charge >= 0.3 is 0 Å². The van der Waals surface area contributed by atoms with E-state index in [1.54, 1.807) is 0 Å². The summed E-state index contributed by atoms with van der Waals surface area (Å²) < 4.78 is 6.30. The maximum atomic E-state index is 12.2. The van der Waals surface area contributed by atoms with Crippen LogP contribution in [0.3, 0.4) is 0 Å². The monoisotopic (exact) mass is 337 g/mol. The van der Waals surface area contributed by atoms with E-state index in [0.29, 0.717) is 5.92 Å². The summed E-state index contributed by atoms with van der Waals surface area (Å²) in [5.74, 6) is 1.25. The summed E-state index contributed by atoms with van der Waals surface area (Å²) in [4.78, 5) is 12.2. The zero-order valence-corrected chi connectivity index (χ0v) is 14.1. The van der Waals surface area contributed by atoms with Crippen LogP contribution in [0.15, 0.2) is 6.07 Å². The fraction of sp³-hybridized carbons (Fsp3) is 0.562. The Balaban J connectivity index is 2.28. The number of nitrogens with one attached hydrogen (secondary N) is 1. The Morgan fingerprint density at radius 2 is 2.05 bits per heavy atom. The Kier molecular flexibility index (Phi) is 2.79. The van der Waals surface area contributed by atoms with Gasteiger partial charge < -0.3 is 10.1 Å². The minimum absolute atomic E-state index is 0.0488. The van der Waals surface area contributed by atoms with E-state index >= 15 is 0 Å². The number of anilines is 1. The summed E-state index contributed by atoms with van der Waals surface area (Å²) in [5.41, 5.74) is 3.49. The Morgan fingerprint density at radius 3 is 2.65 bits per heavy atom. The lowest BCUT2D eigenvalue weighted by Crippen LogP contribution is -2.35. The summed E-state index contributed by atoms with van der Waals surface area (Å²) >= 11 is 3.56. The van der Waals surface area contributed by atoms with Crippen molar-refractivity contribution >= 4 is 27.5 Å². The number of halogens is 1. The number of hydrogen-bond donors (Lipinski definition) is 1. The lowest BCUT2D eigenvalue weighted by molar-refractivity contribution is -0.119. The molecule has 0 saturated carbocycles. The highest BCUT2D eigenvalue weighted by molar-refractivity contribution is 9.09. The Morgan fingerprint density at radius 1 is 1.40 bits per heavy atom. The molecule has 2 atom stereocenters.